The molecule has 4 aliphatic rings. The first-order valence-corrected chi connectivity index (χ1v) is 16.2. The van der Waals surface area contributed by atoms with Gasteiger partial charge in [-0.05, 0) is 99.8 Å². The van der Waals surface area contributed by atoms with Crippen LogP contribution in [-0.4, -0.2) is 62.2 Å². The summed E-state index contributed by atoms with van der Waals surface area (Å²) in [5.41, 5.74) is 8.07. The summed E-state index contributed by atoms with van der Waals surface area (Å²) in [6.45, 7) is 8.86. The average molecular weight is 621 g/mol. The van der Waals surface area contributed by atoms with E-state index < -0.39 is 17.6 Å². The minimum Gasteiger partial charge on any atom is -0.504 e. The fraction of sp³-hybridized carbons (Fsp3) is 0.405. The molecule has 1 unspecified atom stereocenters. The number of phenolic OH excluding ortho intramolecular Hbond substituents is 1. The number of amides is 1. The second-order valence-electron chi connectivity index (χ2n) is 13.9. The van der Waals surface area contributed by atoms with Crippen molar-refractivity contribution in [3.8, 4) is 11.5 Å². The minimum absolute atomic E-state index is 0.0988. The smallest absolute Gasteiger partial charge is 0.253 e. The maximum Gasteiger partial charge on any atom is 0.253 e. The van der Waals surface area contributed by atoms with Gasteiger partial charge in [0.05, 0.1) is 0 Å². The van der Waals surface area contributed by atoms with Gasteiger partial charge < -0.3 is 34.6 Å². The van der Waals surface area contributed by atoms with E-state index in [2.05, 4.69) is 39.6 Å². The lowest BCUT2D eigenvalue weighted by atomic mass is 9.52. The van der Waals surface area contributed by atoms with Crippen LogP contribution in [0, 0.1) is 26.7 Å². The molecule has 6 atom stereocenters. The van der Waals surface area contributed by atoms with Crippen molar-refractivity contribution in [3.63, 3.8) is 0 Å². The Labute approximate surface area is 267 Å². The van der Waals surface area contributed by atoms with Crippen LogP contribution in [0.15, 0.2) is 53.5 Å². The molecule has 5 heterocycles. The zero-order valence-corrected chi connectivity index (χ0v) is 26.8. The molecule has 0 saturated carbocycles. The molecule has 1 fully saturated rings. The molecule has 9 heteroatoms. The fourth-order valence-electron chi connectivity index (χ4n) is 9.32. The van der Waals surface area contributed by atoms with Crippen LogP contribution in [-0.2, 0) is 18.4 Å². The number of nitrogens with zero attached hydrogens (tertiary/aromatic N) is 2. The Morgan fingerprint density at radius 3 is 2.80 bits per heavy atom. The maximum atomic E-state index is 13.8. The third-order valence-corrected chi connectivity index (χ3v) is 11.5. The van der Waals surface area contributed by atoms with Crippen molar-refractivity contribution in [3.05, 3.63) is 109 Å². The van der Waals surface area contributed by atoms with Gasteiger partial charge in [-0.2, -0.15) is 0 Å². The van der Waals surface area contributed by atoms with Gasteiger partial charge in [0.1, 0.15) is 12.2 Å². The summed E-state index contributed by atoms with van der Waals surface area (Å²) in [6, 6.07) is 9.86. The standard InChI is InChI=1S/C37H40N4O5/c1-18-13-19(2)39-36(45)26(18)17-38-35(44)24-14-22-7-6-11-41(22)32(21(24)4)20(3)23-16-30(43)33-31-25(23)15-28-27-8-9-29(42)34(46-33)37(27,31)10-12-40(28)5/h6-9,11,13-14,16,20,27-29,34,42-43H,10,12,15,17H2,1-5H3,(H,38,44)(H,39,45)/t20?,27-,28+,29-,34-,37-/m0/s1. The van der Waals surface area contributed by atoms with Crippen molar-refractivity contribution in [2.45, 2.75) is 76.7 Å². The summed E-state index contributed by atoms with van der Waals surface area (Å²) in [7, 11) is 2.18. The van der Waals surface area contributed by atoms with Crippen LogP contribution in [0.2, 0.25) is 0 Å². The predicted molar refractivity (Wildman–Crippen MR) is 175 cm³/mol. The van der Waals surface area contributed by atoms with Gasteiger partial charge in [-0.1, -0.05) is 19.1 Å². The number of carbonyl (C=O) groups is 1. The van der Waals surface area contributed by atoms with Gasteiger partial charge in [-0.15, -0.1) is 0 Å². The van der Waals surface area contributed by atoms with E-state index in [9.17, 15) is 19.8 Å². The van der Waals surface area contributed by atoms with Crippen molar-refractivity contribution in [1.82, 2.24) is 19.6 Å². The predicted octanol–water partition coefficient (Wildman–Crippen LogP) is 4.15. The molecule has 8 rings (SSSR count). The number of carbonyl (C=O) groups excluding carboxylic acids is 1. The number of aromatic amines is 1. The van der Waals surface area contributed by atoms with Crippen LogP contribution in [0.25, 0.3) is 5.52 Å². The van der Waals surface area contributed by atoms with E-state index in [1.54, 1.807) is 0 Å². The van der Waals surface area contributed by atoms with Crippen molar-refractivity contribution >= 4 is 11.4 Å². The number of fused-ring (bicyclic) bond motifs is 1. The van der Waals surface area contributed by atoms with Gasteiger partial charge in [0.15, 0.2) is 11.5 Å². The maximum absolute atomic E-state index is 13.8. The number of likely N-dealkylation sites (N-methyl/N-ethyl adjacent to an activating group) is 1. The summed E-state index contributed by atoms with van der Waals surface area (Å²) in [5.74, 6) is 0.376. The van der Waals surface area contributed by atoms with Crippen LogP contribution >= 0.6 is 0 Å². The van der Waals surface area contributed by atoms with Crippen LogP contribution in [0.1, 0.15) is 74.4 Å². The molecule has 3 aromatic heterocycles. The molecule has 2 aliphatic carbocycles. The largest absolute Gasteiger partial charge is 0.504 e. The van der Waals surface area contributed by atoms with E-state index in [0.29, 0.717) is 16.9 Å². The number of likely N-dealkylation sites (tertiary alicyclic amines) is 1. The summed E-state index contributed by atoms with van der Waals surface area (Å²) in [4.78, 5) is 31.7. The number of piperidine rings is 1. The van der Waals surface area contributed by atoms with E-state index in [-0.39, 0.29) is 41.6 Å². The molecule has 4 N–H and O–H groups in total. The van der Waals surface area contributed by atoms with Gasteiger partial charge in [-0.25, -0.2) is 0 Å². The van der Waals surface area contributed by atoms with Crippen molar-refractivity contribution in [1.29, 1.82) is 0 Å². The molecule has 0 radical (unpaired) electrons. The number of aliphatic hydroxyl groups is 1. The Morgan fingerprint density at radius 2 is 2.02 bits per heavy atom. The summed E-state index contributed by atoms with van der Waals surface area (Å²) in [6.07, 6.45) is 6.54. The highest BCUT2D eigenvalue weighted by Gasteiger charge is 2.64. The first-order chi connectivity index (χ1) is 22.0. The summed E-state index contributed by atoms with van der Waals surface area (Å²) < 4.78 is 8.59. The van der Waals surface area contributed by atoms with Crippen LogP contribution in [0.3, 0.4) is 0 Å². The minimum atomic E-state index is -0.741. The Morgan fingerprint density at radius 1 is 1.22 bits per heavy atom. The molecule has 1 amide bonds. The molecule has 9 nitrogen and oxygen atoms in total. The van der Waals surface area contributed by atoms with E-state index in [1.165, 1.54) is 5.56 Å². The van der Waals surface area contributed by atoms with Crippen LogP contribution in [0.5, 0.6) is 11.5 Å². The molecular formula is C37H40N4O5. The number of aliphatic hydroxyl groups excluding tert-OH is 1. The summed E-state index contributed by atoms with van der Waals surface area (Å²) in [5, 5.41) is 25.6. The molecule has 4 aromatic rings. The fourth-order valence-corrected chi connectivity index (χ4v) is 9.32. The van der Waals surface area contributed by atoms with Crippen molar-refractivity contribution < 1.29 is 19.7 Å². The van der Waals surface area contributed by atoms with E-state index in [1.807, 2.05) is 63.4 Å². The molecule has 238 valence electrons. The third-order valence-electron chi connectivity index (χ3n) is 11.5. The molecule has 2 bridgehead atoms. The number of aryl methyl sites for hydroxylation is 2. The Hall–Kier alpha value is -4.34. The quantitative estimate of drug-likeness (QED) is 0.249. The molecule has 2 aliphatic heterocycles. The zero-order valence-electron chi connectivity index (χ0n) is 26.8. The van der Waals surface area contributed by atoms with Gasteiger partial charge in [0.2, 0.25) is 0 Å². The van der Waals surface area contributed by atoms with E-state index in [0.717, 1.165) is 58.5 Å². The Balaban J connectivity index is 1.24. The third kappa shape index (κ3) is 3.88. The highest BCUT2D eigenvalue weighted by Crippen LogP contribution is 2.63. The van der Waals surface area contributed by atoms with Gasteiger partial charge in [-0.3, -0.25) is 9.59 Å². The number of hydrogen-bond acceptors (Lipinski definition) is 6. The van der Waals surface area contributed by atoms with Crippen molar-refractivity contribution in [2.24, 2.45) is 5.92 Å². The second-order valence-corrected chi connectivity index (χ2v) is 13.9. The number of ether oxygens (including phenoxy) is 1. The number of phenols is 1. The SMILES string of the molecule is Cc1cc(C)c(CNC(=O)c2cc3cccn3c(C(C)c3cc(O)c4c5c3C[C@@H]3[C@@H]6C=C[C@H](O)[C@H](O4)[C@]56CCN3C)c2C)c(=O)[nH]1. The van der Waals surface area contributed by atoms with Crippen LogP contribution in [0.4, 0.5) is 0 Å². The zero-order chi connectivity index (χ0) is 32.2. The first-order valence-electron chi connectivity index (χ1n) is 16.2. The van der Waals surface area contributed by atoms with Crippen LogP contribution < -0.4 is 15.6 Å². The normalized spacial score (nSPS) is 26.6. The van der Waals surface area contributed by atoms with E-state index >= 15 is 0 Å². The Kier molecular flexibility index (Phi) is 6.37. The van der Waals surface area contributed by atoms with Crippen molar-refractivity contribution in [2.75, 3.05) is 13.6 Å². The molecule has 1 aromatic carbocycles. The lowest BCUT2D eigenvalue weighted by Gasteiger charge is -2.56. The monoisotopic (exact) mass is 620 g/mol. The summed E-state index contributed by atoms with van der Waals surface area (Å²) >= 11 is 0. The molecule has 46 heavy (non-hydrogen) atoms. The number of H-pyrrole nitrogens is 1. The first kappa shape index (κ1) is 29.1. The van der Waals surface area contributed by atoms with E-state index in [4.69, 9.17) is 4.74 Å². The van der Waals surface area contributed by atoms with Gasteiger partial charge >= 0.3 is 0 Å². The number of pyridine rings is 2. The number of hydrogen-bond donors (Lipinski definition) is 4. The highest BCUT2D eigenvalue weighted by atomic mass is 16.5. The highest BCUT2D eigenvalue weighted by molar-refractivity contribution is 5.97. The average Bonchev–Trinajstić information content (AvgIpc) is 3.62. The number of benzene rings is 1. The topological polar surface area (TPSA) is 119 Å². The lowest BCUT2D eigenvalue weighted by Crippen LogP contribution is -2.64. The second kappa shape index (κ2) is 10.1. The number of rotatable bonds is 5. The number of nitrogens with one attached hydrogen (secondary N) is 2. The Bertz CT molecular complexity index is 2040. The van der Waals surface area contributed by atoms with Gasteiger partial charge in [0, 0.05) is 69.6 Å². The number of aromatic nitrogens is 2. The van der Waals surface area contributed by atoms with Gasteiger partial charge in [0.25, 0.3) is 11.5 Å². The molecule has 1 spiro atoms. The molecule has 1 saturated heterocycles. The number of aromatic hydroxyl groups is 1. The molecular weight excluding hydrogens is 580 g/mol. The lowest BCUT2D eigenvalue weighted by molar-refractivity contribution is -0.0454.